The van der Waals surface area contributed by atoms with E-state index in [0.29, 0.717) is 27.6 Å². The Morgan fingerprint density at radius 3 is 2.38 bits per heavy atom. The van der Waals surface area contributed by atoms with Crippen molar-refractivity contribution in [3.8, 4) is 0 Å². The Balaban J connectivity index is 1.93. The molecule has 2 aromatic carbocycles. The summed E-state index contributed by atoms with van der Waals surface area (Å²) in [4.78, 5) is 20.0. The lowest BCUT2D eigenvalue weighted by atomic mass is 10.1. The largest absolute Gasteiger partial charge is 0.286 e. The number of amides is 1. The van der Waals surface area contributed by atoms with E-state index >= 15 is 0 Å². The van der Waals surface area contributed by atoms with Crippen molar-refractivity contribution in [2.75, 3.05) is 6.54 Å². The second kappa shape index (κ2) is 8.11. The summed E-state index contributed by atoms with van der Waals surface area (Å²) in [5, 5.41) is 1.38. The zero-order valence-corrected chi connectivity index (χ0v) is 16.6. The molecule has 1 saturated heterocycles. The predicted octanol–water partition coefficient (Wildman–Crippen LogP) is 5.91. The lowest BCUT2D eigenvalue weighted by molar-refractivity contribution is -0.122. The van der Waals surface area contributed by atoms with Gasteiger partial charge in [0.05, 0.1) is 10.6 Å². The van der Waals surface area contributed by atoms with Crippen molar-refractivity contribution in [1.82, 2.24) is 4.90 Å². The van der Waals surface area contributed by atoms with Gasteiger partial charge in [0.15, 0.2) is 5.17 Å². The van der Waals surface area contributed by atoms with E-state index in [1.807, 2.05) is 49.4 Å². The second-order valence-corrected chi connectivity index (χ2v) is 8.15. The predicted molar refractivity (Wildman–Crippen MR) is 112 cm³/mol. The van der Waals surface area contributed by atoms with Gasteiger partial charge in [0, 0.05) is 11.6 Å². The molecule has 1 amide bonds. The van der Waals surface area contributed by atoms with Gasteiger partial charge in [-0.15, -0.1) is 0 Å². The van der Waals surface area contributed by atoms with Crippen LogP contribution in [0.15, 0.2) is 58.4 Å². The van der Waals surface area contributed by atoms with Crippen molar-refractivity contribution < 1.29 is 4.79 Å². The van der Waals surface area contributed by atoms with Crippen molar-refractivity contribution in [3.63, 3.8) is 0 Å². The average molecular weight is 385 g/mol. The Morgan fingerprint density at radius 2 is 1.77 bits per heavy atom. The molecule has 0 unspecified atom stereocenters. The van der Waals surface area contributed by atoms with Crippen molar-refractivity contribution >= 4 is 46.2 Å². The Morgan fingerprint density at radius 1 is 1.12 bits per heavy atom. The highest BCUT2D eigenvalue weighted by Crippen LogP contribution is 2.34. The maximum absolute atomic E-state index is 12.9. The SMILES string of the molecule is Cc1ccc(/C=C2\SC(=Nc3ccc(Cl)cc3)N(CC(C)C)C2=O)cc1. The van der Waals surface area contributed by atoms with E-state index in [2.05, 4.69) is 18.8 Å². The minimum atomic E-state index is 0.0111. The molecule has 0 saturated carbocycles. The standard InChI is InChI=1S/C21H21ClN2OS/c1-14(2)13-24-20(25)19(12-16-6-4-15(3)5-7-16)26-21(24)23-18-10-8-17(22)9-11-18/h4-12,14H,13H2,1-3H3/b19-12-,23-21?. The van der Waals surface area contributed by atoms with Crippen LogP contribution in [-0.2, 0) is 4.79 Å². The highest BCUT2D eigenvalue weighted by Gasteiger charge is 2.33. The van der Waals surface area contributed by atoms with Crippen LogP contribution in [0.25, 0.3) is 6.08 Å². The molecule has 134 valence electrons. The van der Waals surface area contributed by atoms with Gasteiger partial charge < -0.3 is 0 Å². The molecule has 0 bridgehead atoms. The maximum Gasteiger partial charge on any atom is 0.266 e. The Kier molecular flexibility index (Phi) is 5.84. The number of amidine groups is 1. The molecule has 1 aliphatic heterocycles. The maximum atomic E-state index is 12.9. The summed E-state index contributed by atoms with van der Waals surface area (Å²) in [6, 6.07) is 15.5. The molecule has 0 radical (unpaired) electrons. The average Bonchev–Trinajstić information content (AvgIpc) is 2.87. The number of nitrogens with zero attached hydrogens (tertiary/aromatic N) is 2. The first kappa shape index (κ1) is 18.7. The number of thioether (sulfide) groups is 1. The van der Waals surface area contributed by atoms with Crippen LogP contribution in [0.2, 0.25) is 5.02 Å². The van der Waals surface area contributed by atoms with Gasteiger partial charge in [-0.1, -0.05) is 55.3 Å². The number of carbonyl (C=O) groups is 1. The van der Waals surface area contributed by atoms with Crippen LogP contribution < -0.4 is 0 Å². The number of rotatable bonds is 4. The summed E-state index contributed by atoms with van der Waals surface area (Å²) in [6.45, 7) is 6.89. The fourth-order valence-corrected chi connectivity index (χ4v) is 3.69. The van der Waals surface area contributed by atoms with Gasteiger partial charge >= 0.3 is 0 Å². The van der Waals surface area contributed by atoms with Crippen LogP contribution >= 0.6 is 23.4 Å². The Labute approximate surface area is 163 Å². The van der Waals surface area contributed by atoms with E-state index < -0.39 is 0 Å². The third kappa shape index (κ3) is 4.57. The van der Waals surface area contributed by atoms with Gasteiger partial charge in [0.1, 0.15) is 0 Å². The third-order valence-corrected chi connectivity index (χ3v) is 5.12. The molecule has 3 nitrogen and oxygen atoms in total. The first-order chi connectivity index (χ1) is 12.4. The van der Waals surface area contributed by atoms with Crippen molar-refractivity contribution in [3.05, 3.63) is 69.6 Å². The number of aliphatic imine (C=N–C) groups is 1. The van der Waals surface area contributed by atoms with Crippen LogP contribution in [0.5, 0.6) is 0 Å². The van der Waals surface area contributed by atoms with Gasteiger partial charge in [-0.05, 0) is 60.5 Å². The van der Waals surface area contributed by atoms with Crippen LogP contribution in [0.3, 0.4) is 0 Å². The molecule has 0 N–H and O–H groups in total. The first-order valence-corrected chi connectivity index (χ1v) is 9.74. The summed E-state index contributed by atoms with van der Waals surface area (Å²) in [5.74, 6) is 0.366. The molecule has 0 atom stereocenters. The normalized spacial score (nSPS) is 17.7. The number of aryl methyl sites for hydroxylation is 1. The molecule has 0 aromatic heterocycles. The number of halogens is 1. The third-order valence-electron chi connectivity index (χ3n) is 3.86. The minimum absolute atomic E-state index is 0.0111. The summed E-state index contributed by atoms with van der Waals surface area (Å²) in [6.07, 6.45) is 1.93. The van der Waals surface area contributed by atoms with Crippen LogP contribution in [0, 0.1) is 12.8 Å². The molecule has 2 aromatic rings. The molecule has 3 rings (SSSR count). The number of carbonyl (C=O) groups excluding carboxylic acids is 1. The van der Waals surface area contributed by atoms with Crippen LogP contribution in [-0.4, -0.2) is 22.5 Å². The number of benzene rings is 2. The van der Waals surface area contributed by atoms with Gasteiger partial charge in [-0.3, -0.25) is 9.69 Å². The van der Waals surface area contributed by atoms with Crippen molar-refractivity contribution in [2.24, 2.45) is 10.9 Å². The minimum Gasteiger partial charge on any atom is -0.286 e. The lowest BCUT2D eigenvalue weighted by Gasteiger charge is -2.17. The monoisotopic (exact) mass is 384 g/mol. The highest BCUT2D eigenvalue weighted by molar-refractivity contribution is 8.18. The molecule has 1 heterocycles. The van der Waals surface area contributed by atoms with Gasteiger partial charge in [-0.2, -0.15) is 0 Å². The zero-order chi connectivity index (χ0) is 18.7. The molecular formula is C21H21ClN2OS. The van der Waals surface area contributed by atoms with Gasteiger partial charge in [0.25, 0.3) is 5.91 Å². The van der Waals surface area contributed by atoms with E-state index in [-0.39, 0.29) is 5.91 Å². The number of hydrogen-bond acceptors (Lipinski definition) is 3. The van der Waals surface area contributed by atoms with Gasteiger partial charge in [0.2, 0.25) is 0 Å². The van der Waals surface area contributed by atoms with Crippen molar-refractivity contribution in [2.45, 2.75) is 20.8 Å². The number of hydrogen-bond donors (Lipinski definition) is 0. The molecule has 1 fully saturated rings. The van der Waals surface area contributed by atoms with E-state index in [0.717, 1.165) is 11.3 Å². The molecular weight excluding hydrogens is 364 g/mol. The summed E-state index contributed by atoms with van der Waals surface area (Å²) in [5.41, 5.74) is 3.00. The molecule has 0 spiro atoms. The first-order valence-electron chi connectivity index (χ1n) is 8.55. The molecule has 26 heavy (non-hydrogen) atoms. The lowest BCUT2D eigenvalue weighted by Crippen LogP contribution is -2.32. The quantitative estimate of drug-likeness (QED) is 0.614. The second-order valence-electron chi connectivity index (χ2n) is 6.70. The smallest absolute Gasteiger partial charge is 0.266 e. The fourth-order valence-electron chi connectivity index (χ4n) is 2.56. The summed E-state index contributed by atoms with van der Waals surface area (Å²) < 4.78 is 0. The van der Waals surface area contributed by atoms with E-state index in [4.69, 9.17) is 11.6 Å². The van der Waals surface area contributed by atoms with Crippen molar-refractivity contribution in [1.29, 1.82) is 0 Å². The Bertz CT molecular complexity index is 855. The zero-order valence-electron chi connectivity index (χ0n) is 15.1. The Hall–Kier alpha value is -2.04. The molecule has 1 aliphatic rings. The van der Waals surface area contributed by atoms with Crippen LogP contribution in [0.1, 0.15) is 25.0 Å². The topological polar surface area (TPSA) is 32.7 Å². The van der Waals surface area contributed by atoms with E-state index in [1.54, 1.807) is 17.0 Å². The van der Waals surface area contributed by atoms with E-state index in [1.165, 1.54) is 17.3 Å². The summed E-state index contributed by atoms with van der Waals surface area (Å²) >= 11 is 7.37. The molecule has 5 heteroatoms. The summed E-state index contributed by atoms with van der Waals surface area (Å²) in [7, 11) is 0. The van der Waals surface area contributed by atoms with Crippen LogP contribution in [0.4, 0.5) is 5.69 Å². The molecule has 0 aliphatic carbocycles. The fraction of sp³-hybridized carbons (Fsp3) is 0.238. The van der Waals surface area contributed by atoms with E-state index in [9.17, 15) is 4.79 Å². The highest BCUT2D eigenvalue weighted by atomic mass is 35.5. The van der Waals surface area contributed by atoms with Gasteiger partial charge in [-0.25, -0.2) is 4.99 Å².